The van der Waals surface area contributed by atoms with E-state index in [0.717, 1.165) is 34.0 Å². The number of carboxylic acid groups (broad SMARTS) is 1. The largest absolute Gasteiger partial charge is 0.479 e. The minimum atomic E-state index is -1.77. The zero-order chi connectivity index (χ0) is 24.0. The summed E-state index contributed by atoms with van der Waals surface area (Å²) >= 11 is 0. The zero-order valence-corrected chi connectivity index (χ0v) is 18.3. The van der Waals surface area contributed by atoms with Crippen molar-refractivity contribution in [2.45, 2.75) is 44.2 Å². The SMILES string of the molecule is Cc1c2[nH]c3cc(O[C@@H]4OC(C(=O)O)[C@@H](O)C(O)C4O)ccc3c2cc[n+]1Cc1ccccc1. The van der Waals surface area contributed by atoms with Crippen LogP contribution in [0.5, 0.6) is 5.75 Å². The molecule has 3 unspecified atom stereocenters. The number of aliphatic hydroxyl groups excluding tert-OH is 3. The quantitative estimate of drug-likeness (QED) is 0.280. The van der Waals surface area contributed by atoms with E-state index in [2.05, 4.69) is 21.7 Å². The van der Waals surface area contributed by atoms with Crippen LogP contribution in [0, 0.1) is 6.92 Å². The van der Waals surface area contributed by atoms with Gasteiger partial charge < -0.3 is 34.9 Å². The minimum absolute atomic E-state index is 0.311. The maximum absolute atomic E-state index is 11.3. The maximum atomic E-state index is 11.3. The molecule has 5 N–H and O–H groups in total. The molecule has 9 heteroatoms. The van der Waals surface area contributed by atoms with Crippen LogP contribution in [0.3, 0.4) is 0 Å². The highest BCUT2D eigenvalue weighted by atomic mass is 16.7. The standard InChI is InChI=1S/C25H24N2O7/c1-13-19-17(9-10-27(13)12-14-5-3-2-4-6-14)16-8-7-15(11-18(16)26-19)33-25-22(30)20(28)21(29)23(34-25)24(31)32/h2-11,20-23,25,28-30H,12H2,1H3,(H,31,32)/p+1/t20?,21-,22?,23?,25+/m0/s1. The number of pyridine rings is 1. The number of ether oxygens (including phenoxy) is 2. The van der Waals surface area contributed by atoms with Crippen LogP contribution in [0.4, 0.5) is 0 Å². The molecule has 4 aromatic rings. The summed E-state index contributed by atoms with van der Waals surface area (Å²) in [4.78, 5) is 14.7. The molecule has 3 heterocycles. The van der Waals surface area contributed by atoms with Crippen LogP contribution < -0.4 is 9.30 Å². The molecule has 176 valence electrons. The van der Waals surface area contributed by atoms with E-state index >= 15 is 0 Å². The first kappa shape index (κ1) is 22.3. The number of hydrogen-bond acceptors (Lipinski definition) is 6. The fourth-order valence-electron chi connectivity index (χ4n) is 4.38. The first-order valence-corrected chi connectivity index (χ1v) is 10.9. The van der Waals surface area contributed by atoms with Crippen molar-refractivity contribution in [2.75, 3.05) is 0 Å². The average Bonchev–Trinajstić information content (AvgIpc) is 3.20. The first-order valence-electron chi connectivity index (χ1n) is 10.9. The van der Waals surface area contributed by atoms with Crippen molar-refractivity contribution < 1.29 is 39.3 Å². The molecule has 1 fully saturated rings. The van der Waals surface area contributed by atoms with Crippen molar-refractivity contribution >= 4 is 27.8 Å². The topological polar surface area (TPSA) is 136 Å². The molecule has 5 rings (SSSR count). The summed E-state index contributed by atoms with van der Waals surface area (Å²) in [5, 5.41) is 41.3. The molecule has 2 aromatic carbocycles. The fourth-order valence-corrected chi connectivity index (χ4v) is 4.38. The number of H-pyrrole nitrogens is 1. The summed E-state index contributed by atoms with van der Waals surface area (Å²) in [5.41, 5.74) is 4.02. The third kappa shape index (κ3) is 3.88. The Kier molecular flexibility index (Phi) is 5.70. The lowest BCUT2D eigenvalue weighted by Gasteiger charge is -2.38. The van der Waals surface area contributed by atoms with E-state index in [1.54, 1.807) is 12.1 Å². The van der Waals surface area contributed by atoms with Gasteiger partial charge in [0.1, 0.15) is 29.6 Å². The predicted molar refractivity (Wildman–Crippen MR) is 121 cm³/mol. The third-order valence-electron chi connectivity index (χ3n) is 6.28. The highest BCUT2D eigenvalue weighted by Gasteiger charge is 2.48. The monoisotopic (exact) mass is 465 g/mol. The number of aliphatic carboxylic acids is 1. The van der Waals surface area contributed by atoms with Crippen LogP contribution in [0.2, 0.25) is 0 Å². The Labute approximate surface area is 194 Å². The molecular formula is C25H25N2O7+. The average molecular weight is 465 g/mol. The summed E-state index contributed by atoms with van der Waals surface area (Å²) in [6.45, 7) is 2.78. The number of aromatic amines is 1. The Morgan fingerprint density at radius 1 is 1.03 bits per heavy atom. The van der Waals surface area contributed by atoms with Crippen LogP contribution >= 0.6 is 0 Å². The third-order valence-corrected chi connectivity index (χ3v) is 6.28. The van der Waals surface area contributed by atoms with Crippen molar-refractivity contribution in [1.29, 1.82) is 0 Å². The zero-order valence-electron chi connectivity index (χ0n) is 18.3. The Bertz CT molecular complexity index is 1350. The number of nitrogens with zero attached hydrogens (tertiary/aromatic N) is 1. The summed E-state index contributed by atoms with van der Waals surface area (Å²) < 4.78 is 13.0. The van der Waals surface area contributed by atoms with Crippen molar-refractivity contribution in [1.82, 2.24) is 4.98 Å². The van der Waals surface area contributed by atoms with Crippen LogP contribution in [0.1, 0.15) is 11.3 Å². The number of carboxylic acids is 1. The van der Waals surface area contributed by atoms with Crippen molar-refractivity contribution in [2.24, 2.45) is 0 Å². The highest BCUT2D eigenvalue weighted by Crippen LogP contribution is 2.31. The number of nitrogens with one attached hydrogen (secondary N) is 1. The molecule has 9 nitrogen and oxygen atoms in total. The number of aryl methyl sites for hydroxylation is 1. The maximum Gasteiger partial charge on any atom is 0.335 e. The van der Waals surface area contributed by atoms with Gasteiger partial charge in [-0.05, 0) is 12.1 Å². The Balaban J connectivity index is 1.44. The molecule has 0 spiro atoms. The van der Waals surface area contributed by atoms with E-state index in [1.165, 1.54) is 5.56 Å². The fraction of sp³-hybridized carbons (Fsp3) is 0.280. The van der Waals surface area contributed by atoms with E-state index in [9.17, 15) is 25.2 Å². The van der Waals surface area contributed by atoms with Gasteiger partial charge in [-0.25, -0.2) is 4.79 Å². The molecule has 1 aliphatic rings. The molecule has 0 bridgehead atoms. The van der Waals surface area contributed by atoms with Crippen molar-refractivity contribution in [3.05, 3.63) is 72.1 Å². The van der Waals surface area contributed by atoms with Gasteiger partial charge >= 0.3 is 5.97 Å². The summed E-state index contributed by atoms with van der Waals surface area (Å²) in [6, 6.07) is 17.5. The van der Waals surface area contributed by atoms with Gasteiger partial charge in [-0.1, -0.05) is 30.3 Å². The molecule has 5 atom stereocenters. The molecule has 2 aromatic heterocycles. The summed E-state index contributed by atoms with van der Waals surface area (Å²) in [6.07, 6.45) is -6.25. The summed E-state index contributed by atoms with van der Waals surface area (Å²) in [5.74, 6) is -1.15. The normalized spacial score (nSPS) is 25.0. The molecule has 34 heavy (non-hydrogen) atoms. The van der Waals surface area contributed by atoms with Crippen LogP contribution in [0.15, 0.2) is 60.8 Å². The van der Waals surface area contributed by atoms with Crippen molar-refractivity contribution in [3.63, 3.8) is 0 Å². The predicted octanol–water partition coefficient (Wildman–Crippen LogP) is 1.24. The number of rotatable bonds is 5. The number of fused-ring (bicyclic) bond motifs is 3. The van der Waals surface area contributed by atoms with Gasteiger partial charge in [-0.2, -0.15) is 4.57 Å². The Morgan fingerprint density at radius 2 is 1.79 bits per heavy atom. The Morgan fingerprint density at radius 3 is 2.53 bits per heavy atom. The van der Waals surface area contributed by atoms with E-state index in [1.807, 2.05) is 43.5 Å². The number of aromatic nitrogens is 2. The second kappa shape index (κ2) is 8.69. The molecule has 0 amide bonds. The van der Waals surface area contributed by atoms with Gasteiger partial charge in [-0.15, -0.1) is 0 Å². The number of carbonyl (C=O) groups is 1. The second-order valence-corrected chi connectivity index (χ2v) is 8.49. The first-order chi connectivity index (χ1) is 16.3. The van der Waals surface area contributed by atoms with Gasteiger partial charge in [0.05, 0.1) is 5.52 Å². The Hall–Kier alpha value is -3.50. The van der Waals surface area contributed by atoms with Gasteiger partial charge in [0.2, 0.25) is 12.0 Å². The lowest BCUT2D eigenvalue weighted by Crippen LogP contribution is -2.61. The minimum Gasteiger partial charge on any atom is -0.479 e. The van der Waals surface area contributed by atoms with Crippen LogP contribution in [-0.4, -0.2) is 62.1 Å². The molecule has 0 radical (unpaired) electrons. The molecular weight excluding hydrogens is 440 g/mol. The van der Waals surface area contributed by atoms with Crippen LogP contribution in [0.25, 0.3) is 21.8 Å². The van der Waals surface area contributed by atoms with E-state index in [-0.39, 0.29) is 0 Å². The summed E-state index contributed by atoms with van der Waals surface area (Å²) in [7, 11) is 0. The van der Waals surface area contributed by atoms with Crippen LogP contribution in [-0.2, 0) is 16.1 Å². The van der Waals surface area contributed by atoms with E-state index in [0.29, 0.717) is 5.75 Å². The van der Waals surface area contributed by atoms with Crippen molar-refractivity contribution in [3.8, 4) is 5.75 Å². The molecule has 0 aliphatic carbocycles. The van der Waals surface area contributed by atoms with Gasteiger partial charge in [-0.3, -0.25) is 0 Å². The van der Waals surface area contributed by atoms with E-state index < -0.39 is 36.7 Å². The second-order valence-electron chi connectivity index (χ2n) is 8.49. The highest BCUT2D eigenvalue weighted by molar-refractivity contribution is 6.07. The molecule has 1 saturated heterocycles. The molecule has 1 aliphatic heterocycles. The smallest absolute Gasteiger partial charge is 0.335 e. The molecule has 0 saturated carbocycles. The van der Waals surface area contributed by atoms with Gasteiger partial charge in [0.15, 0.2) is 18.8 Å². The lowest BCUT2D eigenvalue weighted by atomic mass is 9.99. The van der Waals surface area contributed by atoms with Gasteiger partial charge in [0.25, 0.3) is 0 Å². The number of aliphatic hydroxyl groups is 3. The number of hydrogen-bond donors (Lipinski definition) is 5. The number of benzene rings is 2. The van der Waals surface area contributed by atoms with Gasteiger partial charge in [0, 0.05) is 35.4 Å². The van der Waals surface area contributed by atoms with E-state index in [4.69, 9.17) is 9.47 Å². The lowest BCUT2D eigenvalue weighted by molar-refractivity contribution is -0.693.